The van der Waals surface area contributed by atoms with Gasteiger partial charge in [-0.1, -0.05) is 13.8 Å². The highest BCUT2D eigenvalue weighted by atomic mass is 16.6. The Morgan fingerprint density at radius 1 is 1.19 bits per heavy atom. The molecule has 5 heteroatoms. The van der Waals surface area contributed by atoms with Gasteiger partial charge in [-0.15, -0.1) is 0 Å². The van der Waals surface area contributed by atoms with Crippen molar-refractivity contribution in [2.24, 2.45) is 11.7 Å². The van der Waals surface area contributed by atoms with Crippen LogP contribution < -0.4 is 5.73 Å². The van der Waals surface area contributed by atoms with Crippen molar-refractivity contribution in [2.75, 3.05) is 33.5 Å². The minimum absolute atomic E-state index is 0.0927. The molecule has 96 valence electrons. The maximum Gasteiger partial charge on any atom is 0.323 e. The molecule has 0 aromatic heterocycles. The van der Waals surface area contributed by atoms with Crippen LogP contribution in [0.15, 0.2) is 0 Å². The summed E-state index contributed by atoms with van der Waals surface area (Å²) in [6.07, 6.45) is 0.843. The second-order valence-electron chi connectivity index (χ2n) is 3.90. The molecule has 0 aromatic carbocycles. The quantitative estimate of drug-likeness (QED) is 0.465. The van der Waals surface area contributed by atoms with Crippen LogP contribution in [0.3, 0.4) is 0 Å². The van der Waals surface area contributed by atoms with Gasteiger partial charge in [0.25, 0.3) is 0 Å². The molecule has 0 saturated carbocycles. The lowest BCUT2D eigenvalue weighted by Gasteiger charge is -2.14. The van der Waals surface area contributed by atoms with E-state index in [4.69, 9.17) is 19.9 Å². The summed E-state index contributed by atoms with van der Waals surface area (Å²) in [6, 6.07) is -0.548. The van der Waals surface area contributed by atoms with Crippen LogP contribution >= 0.6 is 0 Å². The average Bonchev–Trinajstić information content (AvgIpc) is 2.26. The van der Waals surface area contributed by atoms with Crippen molar-refractivity contribution in [2.45, 2.75) is 26.3 Å². The summed E-state index contributed by atoms with van der Waals surface area (Å²) in [4.78, 5) is 11.3. The fourth-order valence-electron chi connectivity index (χ4n) is 0.977. The Morgan fingerprint density at radius 3 is 2.44 bits per heavy atom. The van der Waals surface area contributed by atoms with Gasteiger partial charge in [-0.2, -0.15) is 0 Å². The largest absolute Gasteiger partial charge is 0.462 e. The first-order chi connectivity index (χ1) is 7.59. The van der Waals surface area contributed by atoms with Crippen molar-refractivity contribution >= 4 is 5.97 Å². The Labute approximate surface area is 97.2 Å². The maximum absolute atomic E-state index is 11.3. The van der Waals surface area contributed by atoms with E-state index >= 15 is 0 Å². The van der Waals surface area contributed by atoms with Crippen LogP contribution in [0.4, 0.5) is 0 Å². The Hall–Kier alpha value is -0.650. The molecule has 0 saturated heterocycles. The van der Waals surface area contributed by atoms with Crippen molar-refractivity contribution < 1.29 is 19.0 Å². The minimum Gasteiger partial charge on any atom is -0.462 e. The smallest absolute Gasteiger partial charge is 0.323 e. The van der Waals surface area contributed by atoms with Crippen LogP contribution in [0, 0.1) is 5.92 Å². The third-order valence-corrected chi connectivity index (χ3v) is 2.10. The lowest BCUT2D eigenvalue weighted by molar-refractivity contribution is -0.147. The van der Waals surface area contributed by atoms with Crippen LogP contribution in [-0.4, -0.2) is 45.5 Å². The standard InChI is InChI=1S/C11H23NO4/c1-9(2)10(12)11(13)16-8-7-15-6-4-5-14-3/h9-10H,4-8,12H2,1-3H3/t10-/m0/s1. The van der Waals surface area contributed by atoms with Crippen molar-refractivity contribution in [3.63, 3.8) is 0 Å². The predicted octanol–water partition coefficient (Wildman–Crippen LogP) is 0.566. The predicted molar refractivity (Wildman–Crippen MR) is 61.1 cm³/mol. The van der Waals surface area contributed by atoms with Gasteiger partial charge in [0, 0.05) is 20.3 Å². The lowest BCUT2D eigenvalue weighted by atomic mass is 10.1. The Kier molecular flexibility index (Phi) is 9.18. The number of ether oxygens (including phenoxy) is 3. The summed E-state index contributed by atoms with van der Waals surface area (Å²) in [5.74, 6) is -0.273. The molecule has 2 N–H and O–H groups in total. The first-order valence-electron chi connectivity index (χ1n) is 5.58. The fraction of sp³-hybridized carbons (Fsp3) is 0.909. The van der Waals surface area contributed by atoms with Crippen LogP contribution in [0.25, 0.3) is 0 Å². The molecule has 0 aliphatic heterocycles. The Bertz CT molecular complexity index is 185. The van der Waals surface area contributed by atoms with Crippen LogP contribution in [0.1, 0.15) is 20.3 Å². The fourth-order valence-corrected chi connectivity index (χ4v) is 0.977. The van der Waals surface area contributed by atoms with E-state index in [1.54, 1.807) is 7.11 Å². The highest BCUT2D eigenvalue weighted by Gasteiger charge is 2.18. The molecule has 0 amide bonds. The number of hydrogen-bond acceptors (Lipinski definition) is 5. The summed E-state index contributed by atoms with van der Waals surface area (Å²) in [5.41, 5.74) is 5.61. The summed E-state index contributed by atoms with van der Waals surface area (Å²) >= 11 is 0. The van der Waals surface area contributed by atoms with Gasteiger partial charge in [0.2, 0.25) is 0 Å². The number of rotatable bonds is 9. The van der Waals surface area contributed by atoms with Gasteiger partial charge >= 0.3 is 5.97 Å². The van der Waals surface area contributed by atoms with Gasteiger partial charge in [0.15, 0.2) is 0 Å². The topological polar surface area (TPSA) is 70.8 Å². The number of hydrogen-bond donors (Lipinski definition) is 1. The summed E-state index contributed by atoms with van der Waals surface area (Å²) in [7, 11) is 1.65. The number of carbonyl (C=O) groups excluding carboxylic acids is 1. The molecule has 0 fully saturated rings. The third-order valence-electron chi connectivity index (χ3n) is 2.10. The van der Waals surface area contributed by atoms with Gasteiger partial charge in [-0.25, -0.2) is 0 Å². The molecule has 0 bridgehead atoms. The van der Waals surface area contributed by atoms with Gasteiger partial charge < -0.3 is 19.9 Å². The molecular formula is C11H23NO4. The van der Waals surface area contributed by atoms with Gasteiger partial charge in [-0.3, -0.25) is 4.79 Å². The number of nitrogens with two attached hydrogens (primary N) is 1. The molecule has 0 heterocycles. The molecular weight excluding hydrogens is 210 g/mol. The number of methoxy groups -OCH3 is 1. The third kappa shape index (κ3) is 7.62. The van der Waals surface area contributed by atoms with Gasteiger partial charge in [0.05, 0.1) is 6.61 Å². The van der Waals surface area contributed by atoms with E-state index in [0.29, 0.717) is 19.8 Å². The average molecular weight is 233 g/mol. The van der Waals surface area contributed by atoms with Gasteiger partial charge in [-0.05, 0) is 12.3 Å². The van der Waals surface area contributed by atoms with E-state index in [9.17, 15) is 4.79 Å². The normalized spacial score (nSPS) is 12.8. The summed E-state index contributed by atoms with van der Waals surface area (Å²) in [6.45, 7) is 5.71. The zero-order valence-electron chi connectivity index (χ0n) is 10.4. The molecule has 0 spiro atoms. The highest BCUT2D eigenvalue weighted by Crippen LogP contribution is 2.00. The number of carbonyl (C=O) groups is 1. The minimum atomic E-state index is -0.548. The second-order valence-corrected chi connectivity index (χ2v) is 3.90. The summed E-state index contributed by atoms with van der Waals surface area (Å²) < 4.78 is 15.0. The van der Waals surface area contributed by atoms with E-state index in [0.717, 1.165) is 6.42 Å². The van der Waals surface area contributed by atoms with Crippen LogP contribution in [0.5, 0.6) is 0 Å². The highest BCUT2D eigenvalue weighted by molar-refractivity contribution is 5.75. The number of esters is 1. The first kappa shape index (κ1) is 15.3. The van der Waals surface area contributed by atoms with Crippen molar-refractivity contribution in [3.05, 3.63) is 0 Å². The van der Waals surface area contributed by atoms with E-state index < -0.39 is 6.04 Å². The SMILES string of the molecule is COCCCOCCOC(=O)[C@@H](N)C(C)C. The summed E-state index contributed by atoms with van der Waals surface area (Å²) in [5, 5.41) is 0. The van der Waals surface area contributed by atoms with Gasteiger partial charge in [0.1, 0.15) is 12.6 Å². The zero-order valence-corrected chi connectivity index (χ0v) is 10.4. The van der Waals surface area contributed by atoms with E-state index in [2.05, 4.69) is 0 Å². The second kappa shape index (κ2) is 9.57. The molecule has 1 atom stereocenters. The molecule has 5 nitrogen and oxygen atoms in total. The van der Waals surface area contributed by atoms with Crippen molar-refractivity contribution in [3.8, 4) is 0 Å². The lowest BCUT2D eigenvalue weighted by Crippen LogP contribution is -2.37. The Morgan fingerprint density at radius 2 is 1.88 bits per heavy atom. The monoisotopic (exact) mass is 233 g/mol. The van der Waals surface area contributed by atoms with E-state index in [1.165, 1.54) is 0 Å². The molecule has 0 unspecified atom stereocenters. The molecule has 0 aliphatic carbocycles. The van der Waals surface area contributed by atoms with Crippen LogP contribution in [0.2, 0.25) is 0 Å². The van der Waals surface area contributed by atoms with Crippen LogP contribution in [-0.2, 0) is 19.0 Å². The van der Waals surface area contributed by atoms with Crippen molar-refractivity contribution in [1.82, 2.24) is 0 Å². The van der Waals surface area contributed by atoms with Crippen molar-refractivity contribution in [1.29, 1.82) is 0 Å². The molecule has 0 aromatic rings. The van der Waals surface area contributed by atoms with E-state index in [1.807, 2.05) is 13.8 Å². The molecule has 0 aliphatic rings. The molecule has 16 heavy (non-hydrogen) atoms. The molecule has 0 radical (unpaired) electrons. The Balaban J connectivity index is 3.34. The zero-order chi connectivity index (χ0) is 12.4. The molecule has 0 rings (SSSR count). The maximum atomic E-state index is 11.3. The first-order valence-corrected chi connectivity index (χ1v) is 5.58. The van der Waals surface area contributed by atoms with E-state index in [-0.39, 0.29) is 18.5 Å².